The van der Waals surface area contributed by atoms with Crippen LogP contribution in [0.25, 0.3) is 0 Å². The van der Waals surface area contributed by atoms with E-state index in [1.807, 2.05) is 0 Å². The Labute approximate surface area is 183 Å². The van der Waals surface area contributed by atoms with Crippen molar-refractivity contribution in [1.29, 1.82) is 0 Å². The van der Waals surface area contributed by atoms with Crippen molar-refractivity contribution in [3.05, 3.63) is 51.7 Å². The molecule has 0 amide bonds. The zero-order valence-electron chi connectivity index (χ0n) is 13.5. The SMILES string of the molecule is COc1cc2c(cc1OC)C(Cc1cc(I)c(I)c(I)c1)NCC2. The molecule has 1 aliphatic rings. The van der Waals surface area contributed by atoms with Crippen LogP contribution in [0.2, 0.25) is 0 Å². The van der Waals surface area contributed by atoms with Gasteiger partial charge in [0.1, 0.15) is 0 Å². The number of hydrogen-bond acceptors (Lipinski definition) is 3. The Hall–Kier alpha value is 0.190. The van der Waals surface area contributed by atoms with Gasteiger partial charge in [-0.25, -0.2) is 0 Å². The number of rotatable bonds is 4. The van der Waals surface area contributed by atoms with Crippen molar-refractivity contribution < 1.29 is 9.47 Å². The van der Waals surface area contributed by atoms with Gasteiger partial charge in [0.15, 0.2) is 11.5 Å². The molecule has 3 nitrogen and oxygen atoms in total. The van der Waals surface area contributed by atoms with Crippen LogP contribution < -0.4 is 14.8 Å². The second kappa shape index (κ2) is 8.26. The molecule has 128 valence electrons. The van der Waals surface area contributed by atoms with E-state index >= 15 is 0 Å². The second-order valence-electron chi connectivity index (χ2n) is 5.74. The van der Waals surface area contributed by atoms with E-state index in [0.29, 0.717) is 6.04 Å². The largest absolute Gasteiger partial charge is 0.493 e. The number of nitrogens with one attached hydrogen (secondary N) is 1. The highest BCUT2D eigenvalue weighted by molar-refractivity contribution is 14.1. The lowest BCUT2D eigenvalue weighted by atomic mass is 9.90. The van der Waals surface area contributed by atoms with Gasteiger partial charge < -0.3 is 14.8 Å². The molecule has 0 spiro atoms. The summed E-state index contributed by atoms with van der Waals surface area (Å²) in [6, 6.07) is 9.15. The standard InChI is InChI=1S/C18H18I3NO2/c1-23-16-8-11-3-4-22-15(12(11)9-17(16)24-2)7-10-5-13(19)18(21)14(20)6-10/h5-6,8-9,15,22H,3-4,7H2,1-2H3. The Morgan fingerprint density at radius 1 is 1.00 bits per heavy atom. The number of fused-ring (bicyclic) bond motifs is 1. The highest BCUT2D eigenvalue weighted by Crippen LogP contribution is 2.36. The average molecular weight is 661 g/mol. The normalized spacial score (nSPS) is 16.6. The molecule has 6 heteroatoms. The molecule has 0 bridgehead atoms. The molecule has 0 aromatic heterocycles. The van der Waals surface area contributed by atoms with Crippen LogP contribution >= 0.6 is 67.8 Å². The van der Waals surface area contributed by atoms with Gasteiger partial charge >= 0.3 is 0 Å². The maximum atomic E-state index is 5.50. The van der Waals surface area contributed by atoms with Crippen LogP contribution in [0.3, 0.4) is 0 Å². The molecule has 1 heterocycles. The van der Waals surface area contributed by atoms with Gasteiger partial charge in [0.05, 0.1) is 14.2 Å². The number of halogens is 3. The Bertz CT molecular complexity index is 741. The first kappa shape index (κ1) is 19.0. The van der Waals surface area contributed by atoms with E-state index in [-0.39, 0.29) is 0 Å². The zero-order chi connectivity index (χ0) is 17.3. The Morgan fingerprint density at radius 3 is 2.25 bits per heavy atom. The monoisotopic (exact) mass is 661 g/mol. The van der Waals surface area contributed by atoms with Crippen molar-refractivity contribution in [3.63, 3.8) is 0 Å². The van der Waals surface area contributed by atoms with Crippen molar-refractivity contribution >= 4 is 67.8 Å². The molecule has 2 aromatic carbocycles. The Kier molecular flexibility index (Phi) is 6.52. The molecule has 0 saturated carbocycles. The van der Waals surface area contributed by atoms with Gasteiger partial charge in [0.25, 0.3) is 0 Å². The third-order valence-corrected chi connectivity index (χ3v) is 9.22. The fraction of sp³-hybridized carbons (Fsp3) is 0.333. The Morgan fingerprint density at radius 2 is 1.62 bits per heavy atom. The molecule has 2 aromatic rings. The van der Waals surface area contributed by atoms with Crippen molar-refractivity contribution in [3.8, 4) is 11.5 Å². The van der Waals surface area contributed by atoms with Crippen molar-refractivity contribution in [2.75, 3.05) is 20.8 Å². The minimum Gasteiger partial charge on any atom is -0.493 e. The van der Waals surface area contributed by atoms with Gasteiger partial charge in [0.2, 0.25) is 0 Å². The molecule has 0 fully saturated rings. The van der Waals surface area contributed by atoms with E-state index < -0.39 is 0 Å². The molecular weight excluding hydrogens is 643 g/mol. The highest BCUT2D eigenvalue weighted by Gasteiger charge is 2.23. The van der Waals surface area contributed by atoms with E-state index in [1.54, 1.807) is 14.2 Å². The van der Waals surface area contributed by atoms with E-state index in [1.165, 1.54) is 27.4 Å². The average Bonchev–Trinajstić information content (AvgIpc) is 2.58. The first-order valence-corrected chi connectivity index (χ1v) is 10.9. The van der Waals surface area contributed by atoms with Crippen LogP contribution in [0, 0.1) is 10.7 Å². The van der Waals surface area contributed by atoms with Gasteiger partial charge in [-0.1, -0.05) is 0 Å². The summed E-state index contributed by atoms with van der Waals surface area (Å²) in [7, 11) is 3.39. The minimum atomic E-state index is 0.306. The molecule has 1 N–H and O–H groups in total. The van der Waals surface area contributed by atoms with E-state index in [9.17, 15) is 0 Å². The first-order chi connectivity index (χ1) is 11.5. The molecule has 0 aliphatic carbocycles. The van der Waals surface area contributed by atoms with Crippen LogP contribution in [0.4, 0.5) is 0 Å². The second-order valence-corrected chi connectivity index (χ2v) is 9.14. The van der Waals surface area contributed by atoms with Crippen molar-refractivity contribution in [2.24, 2.45) is 0 Å². The topological polar surface area (TPSA) is 30.5 Å². The molecule has 1 unspecified atom stereocenters. The summed E-state index contributed by atoms with van der Waals surface area (Å²) in [6.07, 6.45) is 2.00. The summed E-state index contributed by atoms with van der Waals surface area (Å²) in [5.41, 5.74) is 4.04. The molecule has 1 aliphatic heterocycles. The van der Waals surface area contributed by atoms with Gasteiger partial charge in [0, 0.05) is 16.8 Å². The molecule has 24 heavy (non-hydrogen) atoms. The lowest BCUT2D eigenvalue weighted by molar-refractivity contribution is 0.352. The van der Waals surface area contributed by atoms with Gasteiger partial charge in [-0.05, 0) is 128 Å². The van der Waals surface area contributed by atoms with Crippen molar-refractivity contribution in [2.45, 2.75) is 18.9 Å². The predicted octanol–water partition coefficient (Wildman–Crippen LogP) is 4.95. The minimum absolute atomic E-state index is 0.306. The number of ether oxygens (including phenoxy) is 2. The molecule has 0 radical (unpaired) electrons. The van der Waals surface area contributed by atoms with Crippen LogP contribution in [-0.2, 0) is 12.8 Å². The molecule has 3 rings (SSSR count). The highest BCUT2D eigenvalue weighted by atomic mass is 127. The lowest BCUT2D eigenvalue weighted by Crippen LogP contribution is -2.31. The van der Waals surface area contributed by atoms with Crippen molar-refractivity contribution in [1.82, 2.24) is 5.32 Å². The zero-order valence-corrected chi connectivity index (χ0v) is 19.9. The molecule has 0 saturated heterocycles. The Balaban J connectivity index is 1.95. The molecule has 1 atom stereocenters. The third-order valence-electron chi connectivity index (χ3n) is 4.29. The fourth-order valence-corrected chi connectivity index (χ4v) is 5.32. The third kappa shape index (κ3) is 3.96. The summed E-state index contributed by atoms with van der Waals surface area (Å²) >= 11 is 7.25. The van der Waals surface area contributed by atoms with E-state index in [2.05, 4.69) is 97.4 Å². The number of methoxy groups -OCH3 is 2. The van der Waals surface area contributed by atoms with E-state index in [0.717, 1.165) is 30.9 Å². The first-order valence-electron chi connectivity index (χ1n) is 7.65. The molecular formula is C18H18I3NO2. The van der Waals surface area contributed by atoms with Gasteiger partial charge in [-0.3, -0.25) is 0 Å². The number of hydrogen-bond donors (Lipinski definition) is 1. The quantitative estimate of drug-likeness (QED) is 0.372. The summed E-state index contributed by atoms with van der Waals surface area (Å²) in [4.78, 5) is 0. The van der Waals surface area contributed by atoms with Crippen LogP contribution in [0.1, 0.15) is 22.7 Å². The van der Waals surface area contributed by atoms with Crippen LogP contribution in [0.5, 0.6) is 11.5 Å². The van der Waals surface area contributed by atoms with Gasteiger partial charge in [-0.15, -0.1) is 0 Å². The van der Waals surface area contributed by atoms with E-state index in [4.69, 9.17) is 9.47 Å². The number of benzene rings is 2. The summed E-state index contributed by atoms with van der Waals surface area (Å²) < 4.78 is 14.9. The summed E-state index contributed by atoms with van der Waals surface area (Å²) in [5.74, 6) is 1.62. The van der Waals surface area contributed by atoms with Crippen LogP contribution in [-0.4, -0.2) is 20.8 Å². The summed E-state index contributed by atoms with van der Waals surface area (Å²) in [5, 5.41) is 3.66. The smallest absolute Gasteiger partial charge is 0.161 e. The van der Waals surface area contributed by atoms with Crippen LogP contribution in [0.15, 0.2) is 24.3 Å². The maximum Gasteiger partial charge on any atom is 0.161 e. The van der Waals surface area contributed by atoms with Gasteiger partial charge in [-0.2, -0.15) is 0 Å². The lowest BCUT2D eigenvalue weighted by Gasteiger charge is -2.28. The summed E-state index contributed by atoms with van der Waals surface area (Å²) in [6.45, 7) is 0.992. The fourth-order valence-electron chi connectivity index (χ4n) is 3.11. The predicted molar refractivity (Wildman–Crippen MR) is 122 cm³/mol. The maximum absolute atomic E-state index is 5.50.